The van der Waals surface area contributed by atoms with E-state index >= 15 is 0 Å². The molecule has 4 heteroatoms. The number of H-pyrrole nitrogens is 2. The lowest BCUT2D eigenvalue weighted by molar-refractivity contribution is 1.08. The van der Waals surface area contributed by atoms with E-state index in [0.717, 1.165) is 43.5 Å². The predicted molar refractivity (Wildman–Crippen MR) is 161 cm³/mol. The molecular formula is C33H44N4. The summed E-state index contributed by atoms with van der Waals surface area (Å²) in [6, 6.07) is 0. The highest BCUT2D eigenvalue weighted by Crippen LogP contribution is 2.35. The van der Waals surface area contributed by atoms with Crippen LogP contribution in [0.4, 0.5) is 0 Å². The van der Waals surface area contributed by atoms with Crippen LogP contribution in [-0.2, 0) is 12.8 Å². The Hall–Kier alpha value is -3.14. The van der Waals surface area contributed by atoms with Crippen LogP contribution in [0.2, 0.25) is 0 Å². The molecule has 0 fully saturated rings. The molecule has 2 aliphatic heterocycles. The number of allylic oxidation sites excluding steroid dienone is 4. The van der Waals surface area contributed by atoms with Gasteiger partial charge in [0.05, 0.1) is 22.8 Å². The number of aryl methyl sites for hydroxylation is 2. The number of rotatable bonds is 8. The van der Waals surface area contributed by atoms with E-state index in [1.165, 1.54) is 78.7 Å². The minimum absolute atomic E-state index is 0.779. The van der Waals surface area contributed by atoms with Crippen molar-refractivity contribution in [2.24, 2.45) is 9.98 Å². The Kier molecular flexibility index (Phi) is 7.77. The lowest BCUT2D eigenvalue weighted by Crippen LogP contribution is -2.10. The van der Waals surface area contributed by atoms with Gasteiger partial charge in [0, 0.05) is 29.2 Å². The van der Waals surface area contributed by atoms with E-state index in [9.17, 15) is 0 Å². The Morgan fingerprint density at radius 2 is 0.946 bits per heavy atom. The molecule has 0 atom stereocenters. The molecule has 2 aromatic heterocycles. The van der Waals surface area contributed by atoms with Crippen molar-refractivity contribution in [2.75, 3.05) is 0 Å². The van der Waals surface area contributed by atoms with Gasteiger partial charge in [-0.05, 0) is 124 Å². The number of hydrogen-bond donors (Lipinski definition) is 2. The van der Waals surface area contributed by atoms with Crippen LogP contribution in [0, 0.1) is 27.7 Å². The van der Waals surface area contributed by atoms with Crippen molar-refractivity contribution in [1.29, 1.82) is 0 Å². The first kappa shape index (κ1) is 26.9. The fourth-order valence-corrected chi connectivity index (χ4v) is 6.26. The van der Waals surface area contributed by atoms with Gasteiger partial charge < -0.3 is 9.97 Å². The molecule has 0 aromatic carbocycles. The van der Waals surface area contributed by atoms with E-state index in [2.05, 4.69) is 91.4 Å². The van der Waals surface area contributed by atoms with Gasteiger partial charge in [-0.15, -0.1) is 0 Å². The topological polar surface area (TPSA) is 56.3 Å². The first-order valence-electron chi connectivity index (χ1n) is 14.0. The highest BCUT2D eigenvalue weighted by molar-refractivity contribution is 6.21. The van der Waals surface area contributed by atoms with Gasteiger partial charge in [0.15, 0.2) is 0 Å². The highest BCUT2D eigenvalue weighted by atomic mass is 14.8. The van der Waals surface area contributed by atoms with E-state index in [1.807, 2.05) is 0 Å². The minimum atomic E-state index is 0.779. The maximum Gasteiger partial charge on any atom is 0.0686 e. The van der Waals surface area contributed by atoms with Crippen LogP contribution in [0.1, 0.15) is 106 Å². The third kappa shape index (κ3) is 4.79. The molecule has 2 aliphatic rings. The van der Waals surface area contributed by atoms with Gasteiger partial charge in [-0.2, -0.15) is 0 Å². The summed E-state index contributed by atoms with van der Waals surface area (Å²) in [5.41, 5.74) is 20.2. The SMILES string of the molecule is CCC1=C(C)/C(=C/c2[nH]c(C)c(CC)c2C)N=C1CC1=N/C(=C\c2[nH]c(C)c(CC)c2C)C(C)=C1CC. The van der Waals surface area contributed by atoms with Gasteiger partial charge in [-0.3, -0.25) is 9.98 Å². The zero-order chi connectivity index (χ0) is 27.0. The summed E-state index contributed by atoms with van der Waals surface area (Å²) in [5, 5.41) is 0. The fraction of sp³-hybridized carbons (Fsp3) is 0.455. The maximum atomic E-state index is 5.18. The number of nitrogens with zero attached hydrogens (tertiary/aromatic N) is 2. The van der Waals surface area contributed by atoms with Crippen LogP contribution in [0.3, 0.4) is 0 Å². The molecule has 4 rings (SSSR count). The molecule has 0 spiro atoms. The molecule has 2 N–H and O–H groups in total. The number of hydrogen-bond acceptors (Lipinski definition) is 2. The molecule has 4 heterocycles. The second-order valence-corrected chi connectivity index (χ2v) is 10.5. The molecule has 37 heavy (non-hydrogen) atoms. The molecule has 0 saturated carbocycles. The smallest absolute Gasteiger partial charge is 0.0686 e. The Labute approximate surface area is 223 Å². The van der Waals surface area contributed by atoms with Gasteiger partial charge >= 0.3 is 0 Å². The summed E-state index contributed by atoms with van der Waals surface area (Å²) >= 11 is 0. The largest absolute Gasteiger partial charge is 0.359 e. The van der Waals surface area contributed by atoms with Crippen molar-refractivity contribution in [2.45, 2.75) is 101 Å². The summed E-state index contributed by atoms with van der Waals surface area (Å²) in [7, 11) is 0. The maximum absolute atomic E-state index is 5.18. The number of aromatic amines is 2. The zero-order valence-corrected chi connectivity index (χ0v) is 24.6. The van der Waals surface area contributed by atoms with E-state index in [0.29, 0.717) is 0 Å². The third-order valence-corrected chi connectivity index (χ3v) is 8.46. The van der Waals surface area contributed by atoms with Gasteiger partial charge in [-0.1, -0.05) is 27.7 Å². The van der Waals surface area contributed by atoms with Gasteiger partial charge in [-0.25, -0.2) is 0 Å². The van der Waals surface area contributed by atoms with Crippen molar-refractivity contribution in [3.05, 3.63) is 78.7 Å². The number of aromatic nitrogens is 2. The molecule has 0 saturated heterocycles. The Bertz CT molecular complexity index is 1310. The average Bonchev–Trinajstić information content (AvgIpc) is 3.51. The standard InChI is InChI=1S/C33H44N4/c1-11-24-18(5)28(34-22(24)9)15-30-20(7)26(13-3)32(36-30)17-33-27(14-4)21(8)31(37-33)16-29-19(6)25(12-2)23(10)35-29/h15-16,34-35H,11-14,17H2,1-10H3/b30-15-,31-16-. The van der Waals surface area contributed by atoms with Gasteiger partial charge in [0.1, 0.15) is 0 Å². The summed E-state index contributed by atoms with van der Waals surface area (Å²) in [4.78, 5) is 17.5. The first-order chi connectivity index (χ1) is 17.6. The molecule has 2 aromatic rings. The van der Waals surface area contributed by atoms with Crippen LogP contribution in [0.15, 0.2) is 43.7 Å². The monoisotopic (exact) mass is 496 g/mol. The molecular weight excluding hydrogens is 452 g/mol. The van der Waals surface area contributed by atoms with Crippen LogP contribution in [0.5, 0.6) is 0 Å². The van der Waals surface area contributed by atoms with Crippen molar-refractivity contribution in [3.8, 4) is 0 Å². The Balaban J connectivity index is 1.70. The zero-order valence-electron chi connectivity index (χ0n) is 24.6. The lowest BCUT2D eigenvalue weighted by Gasteiger charge is -2.08. The molecule has 0 amide bonds. The molecule has 0 radical (unpaired) electrons. The molecule has 0 aliphatic carbocycles. The quantitative estimate of drug-likeness (QED) is 0.367. The van der Waals surface area contributed by atoms with Crippen molar-refractivity contribution >= 4 is 23.6 Å². The van der Waals surface area contributed by atoms with Crippen LogP contribution < -0.4 is 0 Å². The summed E-state index contributed by atoms with van der Waals surface area (Å²) in [6.07, 6.45) is 9.31. The fourth-order valence-electron chi connectivity index (χ4n) is 6.26. The highest BCUT2D eigenvalue weighted by Gasteiger charge is 2.26. The Morgan fingerprint density at radius 1 is 0.568 bits per heavy atom. The number of nitrogens with one attached hydrogen (secondary N) is 2. The summed E-state index contributed by atoms with van der Waals surface area (Å²) in [6.45, 7) is 22.1. The van der Waals surface area contributed by atoms with Crippen LogP contribution in [0.25, 0.3) is 12.2 Å². The predicted octanol–water partition coefficient (Wildman–Crippen LogP) is 8.84. The molecule has 196 valence electrons. The number of aliphatic imine (C=N–C) groups is 2. The first-order valence-corrected chi connectivity index (χ1v) is 14.0. The summed E-state index contributed by atoms with van der Waals surface area (Å²) < 4.78 is 0. The van der Waals surface area contributed by atoms with Gasteiger partial charge in [0.2, 0.25) is 0 Å². The van der Waals surface area contributed by atoms with E-state index < -0.39 is 0 Å². The normalized spacial score (nSPS) is 18.2. The van der Waals surface area contributed by atoms with Gasteiger partial charge in [0.25, 0.3) is 0 Å². The van der Waals surface area contributed by atoms with Crippen LogP contribution >= 0.6 is 0 Å². The third-order valence-electron chi connectivity index (χ3n) is 8.46. The minimum Gasteiger partial charge on any atom is -0.359 e. The van der Waals surface area contributed by atoms with E-state index in [1.54, 1.807) is 0 Å². The molecule has 0 bridgehead atoms. The Morgan fingerprint density at radius 3 is 1.24 bits per heavy atom. The summed E-state index contributed by atoms with van der Waals surface area (Å²) in [5.74, 6) is 0. The average molecular weight is 497 g/mol. The second kappa shape index (κ2) is 10.7. The van der Waals surface area contributed by atoms with Crippen molar-refractivity contribution < 1.29 is 0 Å². The van der Waals surface area contributed by atoms with E-state index in [4.69, 9.17) is 9.98 Å². The van der Waals surface area contributed by atoms with Crippen LogP contribution in [-0.4, -0.2) is 21.4 Å². The van der Waals surface area contributed by atoms with Crippen molar-refractivity contribution in [3.63, 3.8) is 0 Å². The molecule has 4 nitrogen and oxygen atoms in total. The molecule has 0 unspecified atom stereocenters. The van der Waals surface area contributed by atoms with Crippen molar-refractivity contribution in [1.82, 2.24) is 9.97 Å². The second-order valence-electron chi connectivity index (χ2n) is 10.5. The lowest BCUT2D eigenvalue weighted by atomic mass is 9.95. The van der Waals surface area contributed by atoms with E-state index in [-0.39, 0.29) is 0 Å².